The van der Waals surface area contributed by atoms with E-state index in [9.17, 15) is 0 Å². The summed E-state index contributed by atoms with van der Waals surface area (Å²) in [5, 5.41) is 15.8. The second kappa shape index (κ2) is 8.89. The van der Waals surface area contributed by atoms with Crippen molar-refractivity contribution in [1.29, 1.82) is 0 Å². The van der Waals surface area contributed by atoms with Crippen LogP contribution in [0.25, 0.3) is 98.0 Å². The van der Waals surface area contributed by atoms with Crippen LogP contribution in [-0.4, -0.2) is 0 Å². The van der Waals surface area contributed by atoms with Crippen LogP contribution in [0.3, 0.4) is 0 Å². The minimum Gasteiger partial charge on any atom is -0.0616 e. The number of benzene rings is 10. The zero-order valence-corrected chi connectivity index (χ0v) is 24.0. The van der Waals surface area contributed by atoms with Gasteiger partial charge in [0.2, 0.25) is 0 Å². The summed E-state index contributed by atoms with van der Waals surface area (Å²) < 4.78 is 0. The second-order valence-corrected chi connectivity index (χ2v) is 12.0. The normalized spacial score (nSPS) is 12.1. The third kappa shape index (κ3) is 3.23. The Kier molecular flexibility index (Phi) is 4.81. The Hall–Kier alpha value is -5.72. The summed E-state index contributed by atoms with van der Waals surface area (Å²) in [6.07, 6.45) is 0. The summed E-state index contributed by atoms with van der Waals surface area (Å²) in [6, 6.07) is 58.6. The van der Waals surface area contributed by atoms with Crippen LogP contribution in [-0.2, 0) is 0 Å². The molecule has 0 aliphatic rings. The lowest BCUT2D eigenvalue weighted by molar-refractivity contribution is 1.59. The first kappa shape index (κ1) is 23.8. The Labute approximate surface area is 255 Å². The largest absolute Gasteiger partial charge is 0.0616 e. The van der Waals surface area contributed by atoms with Crippen LogP contribution in [0.2, 0.25) is 0 Å². The molecule has 202 valence electrons. The number of hydrogen-bond acceptors (Lipinski definition) is 0. The summed E-state index contributed by atoms with van der Waals surface area (Å²) in [6.45, 7) is 0. The lowest BCUT2D eigenvalue weighted by Crippen LogP contribution is -1.92. The highest BCUT2D eigenvalue weighted by Crippen LogP contribution is 2.46. The quantitative estimate of drug-likeness (QED) is 0.191. The third-order valence-electron chi connectivity index (χ3n) is 9.78. The monoisotopic (exact) mass is 554 g/mol. The Morgan fingerprint density at radius 3 is 0.864 bits per heavy atom. The molecule has 0 aliphatic carbocycles. The second-order valence-electron chi connectivity index (χ2n) is 12.0. The van der Waals surface area contributed by atoms with Gasteiger partial charge in [-0.3, -0.25) is 0 Å². The van der Waals surface area contributed by atoms with Gasteiger partial charge in [-0.25, -0.2) is 0 Å². The maximum Gasteiger partial charge on any atom is -0.00206 e. The number of rotatable bonds is 3. The van der Waals surface area contributed by atoms with Gasteiger partial charge in [0.05, 0.1) is 0 Å². The van der Waals surface area contributed by atoms with E-state index >= 15 is 0 Å². The van der Waals surface area contributed by atoms with Crippen molar-refractivity contribution >= 4 is 64.6 Å². The third-order valence-corrected chi connectivity index (χ3v) is 9.78. The maximum absolute atomic E-state index is 2.32. The van der Waals surface area contributed by atoms with Crippen LogP contribution in [0.1, 0.15) is 0 Å². The molecule has 0 heterocycles. The van der Waals surface area contributed by atoms with Crippen LogP contribution >= 0.6 is 0 Å². The molecular weight excluding hydrogens is 528 g/mol. The van der Waals surface area contributed by atoms with Gasteiger partial charge in [-0.15, -0.1) is 0 Å². The molecule has 0 saturated heterocycles. The fourth-order valence-electron chi connectivity index (χ4n) is 7.85. The van der Waals surface area contributed by atoms with Crippen molar-refractivity contribution in [3.05, 3.63) is 158 Å². The van der Waals surface area contributed by atoms with Crippen molar-refractivity contribution in [2.75, 3.05) is 0 Å². The predicted octanol–water partition coefficient (Wildman–Crippen LogP) is 12.5. The molecule has 0 unspecified atom stereocenters. The highest BCUT2D eigenvalue weighted by molar-refractivity contribution is 6.27. The molecule has 0 fully saturated rings. The minimum atomic E-state index is 1.25. The van der Waals surface area contributed by atoms with Gasteiger partial charge in [-0.2, -0.15) is 0 Å². The van der Waals surface area contributed by atoms with E-state index in [0.717, 1.165) is 0 Å². The van der Waals surface area contributed by atoms with E-state index in [4.69, 9.17) is 0 Å². The average molecular weight is 555 g/mol. The van der Waals surface area contributed by atoms with E-state index in [1.807, 2.05) is 0 Å². The first-order chi connectivity index (χ1) is 21.8. The molecule has 0 nitrogen and oxygen atoms in total. The Morgan fingerprint density at radius 1 is 0.182 bits per heavy atom. The standard InChI is InChI=1S/C44H26/c1-3-13-35(37-23-19-31-17-15-27-7-5-9-29-21-25-39(37)43(31)41(27)29)33(11-1)34-12-2-4-14-36(34)38-24-20-32-18-16-28-8-6-10-30-22-26-40(38)44(32)42(28)30/h1-26H. The van der Waals surface area contributed by atoms with E-state index < -0.39 is 0 Å². The van der Waals surface area contributed by atoms with Crippen LogP contribution in [0, 0.1) is 0 Å². The SMILES string of the molecule is c1ccc(-c2ccc3ccc4cccc5ccc2c3c45)c(-c2ccccc2-c2ccc3ccc4cccc5ccc2c3c45)c1. The molecule has 0 saturated carbocycles. The molecule has 0 amide bonds. The van der Waals surface area contributed by atoms with Crippen LogP contribution in [0.5, 0.6) is 0 Å². The topological polar surface area (TPSA) is 0 Å². The van der Waals surface area contributed by atoms with E-state index in [2.05, 4.69) is 158 Å². The maximum atomic E-state index is 2.32. The van der Waals surface area contributed by atoms with Gasteiger partial charge in [-0.1, -0.05) is 158 Å². The van der Waals surface area contributed by atoms with Crippen molar-refractivity contribution < 1.29 is 0 Å². The molecule has 10 rings (SSSR count). The first-order valence-corrected chi connectivity index (χ1v) is 15.4. The molecule has 0 bridgehead atoms. The summed E-state index contributed by atoms with van der Waals surface area (Å²) in [5.41, 5.74) is 7.58. The van der Waals surface area contributed by atoms with Gasteiger partial charge >= 0.3 is 0 Å². The molecule has 0 spiro atoms. The minimum absolute atomic E-state index is 1.25. The van der Waals surface area contributed by atoms with Crippen molar-refractivity contribution in [3.63, 3.8) is 0 Å². The van der Waals surface area contributed by atoms with Gasteiger partial charge in [0.25, 0.3) is 0 Å². The van der Waals surface area contributed by atoms with Crippen molar-refractivity contribution in [2.45, 2.75) is 0 Å². The molecule has 0 N–H and O–H groups in total. The molecule has 0 radical (unpaired) electrons. The van der Waals surface area contributed by atoms with Crippen molar-refractivity contribution in [1.82, 2.24) is 0 Å². The number of hydrogen-bond donors (Lipinski definition) is 0. The molecule has 0 heteroatoms. The Balaban J connectivity index is 1.25. The van der Waals surface area contributed by atoms with Crippen LogP contribution in [0.15, 0.2) is 158 Å². The first-order valence-electron chi connectivity index (χ1n) is 15.4. The van der Waals surface area contributed by atoms with Gasteiger partial charge in [0.15, 0.2) is 0 Å². The van der Waals surface area contributed by atoms with Gasteiger partial charge in [-0.05, 0) is 98.0 Å². The van der Waals surface area contributed by atoms with E-state index in [1.165, 1.54) is 98.0 Å². The molecule has 44 heavy (non-hydrogen) atoms. The fraction of sp³-hybridized carbons (Fsp3) is 0. The van der Waals surface area contributed by atoms with E-state index in [-0.39, 0.29) is 0 Å². The van der Waals surface area contributed by atoms with Crippen molar-refractivity contribution in [2.24, 2.45) is 0 Å². The average Bonchev–Trinajstić information content (AvgIpc) is 3.09. The predicted molar refractivity (Wildman–Crippen MR) is 190 cm³/mol. The lowest BCUT2D eigenvalue weighted by Gasteiger charge is -2.19. The highest BCUT2D eigenvalue weighted by atomic mass is 14.2. The molecule has 0 aliphatic heterocycles. The zero-order chi connectivity index (χ0) is 28.8. The highest BCUT2D eigenvalue weighted by Gasteiger charge is 2.18. The molecule has 0 aromatic heterocycles. The van der Waals surface area contributed by atoms with Crippen LogP contribution in [0.4, 0.5) is 0 Å². The smallest absolute Gasteiger partial charge is 0.00206 e. The van der Waals surface area contributed by atoms with Crippen molar-refractivity contribution in [3.8, 4) is 33.4 Å². The summed E-state index contributed by atoms with van der Waals surface area (Å²) in [5.74, 6) is 0. The Bertz CT molecular complexity index is 2490. The molecular formula is C44H26. The van der Waals surface area contributed by atoms with Gasteiger partial charge < -0.3 is 0 Å². The summed E-state index contributed by atoms with van der Waals surface area (Å²) >= 11 is 0. The fourth-order valence-corrected chi connectivity index (χ4v) is 7.85. The molecule has 10 aromatic carbocycles. The van der Waals surface area contributed by atoms with Crippen LogP contribution < -0.4 is 0 Å². The Morgan fingerprint density at radius 2 is 0.477 bits per heavy atom. The summed E-state index contributed by atoms with van der Waals surface area (Å²) in [4.78, 5) is 0. The lowest BCUT2D eigenvalue weighted by atomic mass is 9.84. The van der Waals surface area contributed by atoms with E-state index in [1.54, 1.807) is 0 Å². The van der Waals surface area contributed by atoms with Gasteiger partial charge in [0, 0.05) is 0 Å². The molecule has 10 aromatic rings. The molecule has 0 atom stereocenters. The van der Waals surface area contributed by atoms with Gasteiger partial charge in [0.1, 0.15) is 0 Å². The zero-order valence-electron chi connectivity index (χ0n) is 24.0. The van der Waals surface area contributed by atoms with E-state index in [0.29, 0.717) is 0 Å². The summed E-state index contributed by atoms with van der Waals surface area (Å²) in [7, 11) is 0.